The van der Waals surface area contributed by atoms with Gasteiger partial charge in [0, 0.05) is 6.54 Å². The predicted molar refractivity (Wildman–Crippen MR) is 113 cm³/mol. The Hall–Kier alpha value is -2.05. The molecule has 0 radical (unpaired) electrons. The Balaban J connectivity index is 2.47. The van der Waals surface area contributed by atoms with Crippen molar-refractivity contribution in [2.75, 3.05) is 27.7 Å². The molecule has 0 spiro atoms. The molecule has 0 fully saturated rings. The van der Waals surface area contributed by atoms with E-state index in [-0.39, 0.29) is 16.6 Å². The number of sulfonamides is 1. The van der Waals surface area contributed by atoms with Crippen LogP contribution in [-0.2, 0) is 14.8 Å². The summed E-state index contributed by atoms with van der Waals surface area (Å²) in [4.78, 5) is 13.2. The molecule has 0 aliphatic carbocycles. The van der Waals surface area contributed by atoms with Crippen LogP contribution in [0.3, 0.4) is 0 Å². The van der Waals surface area contributed by atoms with E-state index in [1.165, 1.54) is 12.1 Å². The first-order valence-electron chi connectivity index (χ1n) is 8.83. The van der Waals surface area contributed by atoms with Crippen molar-refractivity contribution in [3.63, 3.8) is 0 Å². The van der Waals surface area contributed by atoms with Crippen molar-refractivity contribution < 1.29 is 35.9 Å². The number of halogens is 5. The smallest absolute Gasteiger partial charge is 0.465 e. The third kappa shape index (κ3) is 6.97. The molecule has 0 heterocycles. The monoisotopic (exact) mass is 514 g/mol. The Labute approximate surface area is 193 Å². The van der Waals surface area contributed by atoms with Gasteiger partial charge in [0.25, 0.3) is 0 Å². The molecule has 0 saturated carbocycles. The number of hydrogen-bond donors (Lipinski definition) is 1. The Bertz CT molecular complexity index is 1090. The Morgan fingerprint density at radius 3 is 2.31 bits per heavy atom. The summed E-state index contributed by atoms with van der Waals surface area (Å²) in [5, 5.41) is 0.499. The molecule has 176 valence electrons. The molecular weight excluding hydrogens is 496 g/mol. The minimum absolute atomic E-state index is 0.216. The number of alkyl halides is 3. The molecule has 0 aliphatic heterocycles. The predicted octanol–water partition coefficient (Wildman–Crippen LogP) is 4.26. The number of nitrogens with zero attached hydrogens (tertiary/aromatic N) is 1. The maximum atomic E-state index is 13.0. The standard InChI is InChI=1S/C19H19Cl2F3N2O5S/c1-26(2)10-16(11-4-6-14(20)15(21)8-11)25-32(28,29)12-5-7-17(31-19(22,23)24)13(9-12)18(27)30-3/h4-9,16,25H,10H2,1-3H3/t16-/m1/s1. The first kappa shape index (κ1) is 26.2. The number of carbonyl (C=O) groups excluding carboxylic acids is 1. The van der Waals surface area contributed by atoms with Gasteiger partial charge in [-0.05, 0) is 50.0 Å². The van der Waals surface area contributed by atoms with Crippen LogP contribution in [0.15, 0.2) is 41.3 Å². The lowest BCUT2D eigenvalue weighted by Gasteiger charge is -2.23. The van der Waals surface area contributed by atoms with E-state index < -0.39 is 44.6 Å². The minimum Gasteiger partial charge on any atom is -0.465 e. The number of rotatable bonds is 8. The first-order valence-corrected chi connectivity index (χ1v) is 11.1. The molecule has 13 heteroatoms. The fourth-order valence-corrected chi connectivity index (χ4v) is 4.27. The van der Waals surface area contributed by atoms with Crippen LogP contribution >= 0.6 is 23.2 Å². The lowest BCUT2D eigenvalue weighted by molar-refractivity contribution is -0.274. The number of likely N-dealkylation sites (N-methyl/N-ethyl adjacent to an activating group) is 1. The maximum Gasteiger partial charge on any atom is 0.573 e. The van der Waals surface area contributed by atoms with Gasteiger partial charge in [-0.25, -0.2) is 17.9 Å². The highest BCUT2D eigenvalue weighted by Crippen LogP contribution is 2.30. The van der Waals surface area contributed by atoms with Crippen LogP contribution in [-0.4, -0.2) is 53.4 Å². The lowest BCUT2D eigenvalue weighted by Crippen LogP contribution is -2.35. The zero-order chi connectivity index (χ0) is 24.3. The highest BCUT2D eigenvalue weighted by molar-refractivity contribution is 7.89. The highest BCUT2D eigenvalue weighted by Gasteiger charge is 2.34. The minimum atomic E-state index is -5.09. The van der Waals surface area contributed by atoms with Gasteiger partial charge in [-0.1, -0.05) is 29.3 Å². The van der Waals surface area contributed by atoms with E-state index in [4.69, 9.17) is 23.2 Å². The number of hydrogen-bond acceptors (Lipinski definition) is 6. The van der Waals surface area contributed by atoms with E-state index in [1.807, 2.05) is 0 Å². The zero-order valence-electron chi connectivity index (χ0n) is 17.0. The van der Waals surface area contributed by atoms with Crippen molar-refractivity contribution in [2.45, 2.75) is 17.3 Å². The molecule has 32 heavy (non-hydrogen) atoms. The van der Waals surface area contributed by atoms with Crippen molar-refractivity contribution in [1.29, 1.82) is 0 Å². The molecule has 0 unspecified atom stereocenters. The number of ether oxygens (including phenoxy) is 2. The Kier molecular flexibility index (Phi) is 8.40. The van der Waals surface area contributed by atoms with Gasteiger partial charge in [-0.3, -0.25) is 0 Å². The van der Waals surface area contributed by atoms with Crippen molar-refractivity contribution in [2.24, 2.45) is 0 Å². The fraction of sp³-hybridized carbons (Fsp3) is 0.316. The number of benzene rings is 2. The quantitative estimate of drug-likeness (QED) is 0.529. The van der Waals surface area contributed by atoms with Crippen molar-refractivity contribution in [3.05, 3.63) is 57.6 Å². The number of methoxy groups -OCH3 is 1. The second-order valence-corrected chi connectivity index (χ2v) is 9.34. The Morgan fingerprint density at radius 1 is 1.12 bits per heavy atom. The summed E-state index contributed by atoms with van der Waals surface area (Å²) in [5.41, 5.74) is -0.201. The second-order valence-electron chi connectivity index (χ2n) is 6.81. The molecule has 2 aromatic rings. The van der Waals surface area contributed by atoms with E-state index in [9.17, 15) is 26.4 Å². The van der Waals surface area contributed by atoms with E-state index in [0.29, 0.717) is 5.56 Å². The molecule has 0 aromatic heterocycles. The van der Waals surface area contributed by atoms with Crippen LogP contribution in [0.2, 0.25) is 10.0 Å². The molecule has 0 amide bonds. The molecule has 1 atom stereocenters. The Morgan fingerprint density at radius 2 is 1.78 bits per heavy atom. The van der Waals surface area contributed by atoms with Crippen LogP contribution in [0.5, 0.6) is 5.75 Å². The number of nitrogens with one attached hydrogen (secondary N) is 1. The molecular formula is C19H19Cl2F3N2O5S. The molecule has 0 saturated heterocycles. The first-order chi connectivity index (χ1) is 14.7. The SMILES string of the molecule is COC(=O)c1cc(S(=O)(=O)N[C@H](CN(C)C)c2ccc(Cl)c(Cl)c2)ccc1OC(F)(F)F. The van der Waals surface area contributed by atoms with E-state index in [0.717, 1.165) is 25.3 Å². The number of esters is 1. The van der Waals surface area contributed by atoms with Crippen LogP contribution < -0.4 is 9.46 Å². The third-order valence-electron chi connectivity index (χ3n) is 4.08. The summed E-state index contributed by atoms with van der Waals surface area (Å²) in [7, 11) is 0.0821. The second kappa shape index (κ2) is 10.3. The normalized spacial score (nSPS) is 13.2. The van der Waals surface area contributed by atoms with Gasteiger partial charge in [0.15, 0.2) is 0 Å². The topological polar surface area (TPSA) is 84.9 Å². The molecule has 0 aliphatic rings. The van der Waals surface area contributed by atoms with Gasteiger partial charge in [0.05, 0.1) is 28.1 Å². The largest absolute Gasteiger partial charge is 0.573 e. The van der Waals surface area contributed by atoms with Gasteiger partial charge >= 0.3 is 12.3 Å². The fourth-order valence-electron chi connectivity index (χ4n) is 2.72. The van der Waals surface area contributed by atoms with Crippen molar-refractivity contribution >= 4 is 39.2 Å². The summed E-state index contributed by atoms with van der Waals surface area (Å²) in [5.74, 6) is -2.09. The van der Waals surface area contributed by atoms with Crippen LogP contribution in [0.1, 0.15) is 22.0 Å². The molecule has 2 rings (SSSR count). The summed E-state index contributed by atoms with van der Waals surface area (Å²) < 4.78 is 74.6. The van der Waals surface area contributed by atoms with Crippen LogP contribution in [0.4, 0.5) is 13.2 Å². The van der Waals surface area contributed by atoms with Gasteiger partial charge in [-0.15, -0.1) is 13.2 Å². The van der Waals surface area contributed by atoms with Crippen LogP contribution in [0.25, 0.3) is 0 Å². The summed E-state index contributed by atoms with van der Waals surface area (Å²) in [6.07, 6.45) is -5.09. The van der Waals surface area contributed by atoms with Gasteiger partial charge in [0.2, 0.25) is 10.0 Å². The van der Waals surface area contributed by atoms with Gasteiger partial charge in [-0.2, -0.15) is 0 Å². The van der Waals surface area contributed by atoms with Crippen LogP contribution in [0, 0.1) is 0 Å². The average molecular weight is 515 g/mol. The van der Waals surface area contributed by atoms with E-state index in [2.05, 4.69) is 14.2 Å². The third-order valence-corrected chi connectivity index (χ3v) is 6.29. The van der Waals surface area contributed by atoms with E-state index >= 15 is 0 Å². The molecule has 7 nitrogen and oxygen atoms in total. The van der Waals surface area contributed by atoms with Crippen molar-refractivity contribution in [1.82, 2.24) is 9.62 Å². The van der Waals surface area contributed by atoms with Gasteiger partial charge < -0.3 is 14.4 Å². The van der Waals surface area contributed by atoms with Crippen molar-refractivity contribution in [3.8, 4) is 5.75 Å². The summed E-state index contributed by atoms with van der Waals surface area (Å²) >= 11 is 12.0. The summed E-state index contributed by atoms with van der Waals surface area (Å²) in [6, 6.07) is 6.17. The lowest BCUT2D eigenvalue weighted by atomic mass is 10.1. The highest BCUT2D eigenvalue weighted by atomic mass is 35.5. The molecule has 2 aromatic carbocycles. The maximum absolute atomic E-state index is 13.0. The van der Waals surface area contributed by atoms with E-state index in [1.54, 1.807) is 25.1 Å². The average Bonchev–Trinajstić information content (AvgIpc) is 2.67. The molecule has 1 N–H and O–H groups in total. The zero-order valence-corrected chi connectivity index (χ0v) is 19.4. The van der Waals surface area contributed by atoms with Gasteiger partial charge in [0.1, 0.15) is 11.3 Å². The number of carbonyl (C=O) groups is 1. The molecule has 0 bridgehead atoms. The summed E-state index contributed by atoms with van der Waals surface area (Å²) in [6.45, 7) is 0.219.